The van der Waals surface area contributed by atoms with E-state index in [2.05, 4.69) is 28.9 Å². The van der Waals surface area contributed by atoms with E-state index in [4.69, 9.17) is 0 Å². The van der Waals surface area contributed by atoms with Crippen molar-refractivity contribution in [2.24, 2.45) is 5.41 Å². The van der Waals surface area contributed by atoms with Gasteiger partial charge in [0.1, 0.15) is 5.01 Å². The molecule has 1 aliphatic heterocycles. The zero-order valence-electron chi connectivity index (χ0n) is 14.2. The largest absolute Gasteiger partial charge is 0.396 e. The molecular weight excluding hydrogens is 322 g/mol. The highest BCUT2D eigenvalue weighted by molar-refractivity contribution is 7.15. The van der Waals surface area contributed by atoms with E-state index in [-0.39, 0.29) is 6.61 Å². The maximum Gasteiger partial charge on any atom is 0.208 e. The molecule has 2 N–H and O–H groups in total. The molecule has 5 nitrogen and oxygen atoms in total. The SMILES string of the molecule is CC(C)c1nnc(N2CC[C@H](O)[C@](CO)(Cc3ccccc3)C2)s1. The molecule has 0 spiro atoms. The van der Waals surface area contributed by atoms with Crippen molar-refractivity contribution in [3.05, 3.63) is 40.9 Å². The van der Waals surface area contributed by atoms with Gasteiger partial charge >= 0.3 is 0 Å². The molecule has 0 saturated carbocycles. The number of aliphatic hydroxyl groups excluding tert-OH is 2. The smallest absolute Gasteiger partial charge is 0.208 e. The number of nitrogens with zero attached hydrogens (tertiary/aromatic N) is 3. The molecule has 1 aliphatic rings. The third-order valence-electron chi connectivity index (χ3n) is 4.79. The van der Waals surface area contributed by atoms with Crippen LogP contribution in [0.2, 0.25) is 0 Å². The predicted molar refractivity (Wildman–Crippen MR) is 96.5 cm³/mol. The number of hydrogen-bond donors (Lipinski definition) is 2. The highest BCUT2D eigenvalue weighted by Crippen LogP contribution is 2.37. The zero-order chi connectivity index (χ0) is 17.2. The van der Waals surface area contributed by atoms with E-state index in [0.717, 1.165) is 22.2 Å². The van der Waals surface area contributed by atoms with E-state index in [1.54, 1.807) is 11.3 Å². The van der Waals surface area contributed by atoms with E-state index in [1.165, 1.54) is 0 Å². The van der Waals surface area contributed by atoms with Crippen LogP contribution in [-0.4, -0.2) is 46.2 Å². The summed E-state index contributed by atoms with van der Waals surface area (Å²) in [5, 5.41) is 31.2. The van der Waals surface area contributed by atoms with Crippen molar-refractivity contribution in [2.75, 3.05) is 24.6 Å². The summed E-state index contributed by atoms with van der Waals surface area (Å²) in [4.78, 5) is 2.16. The van der Waals surface area contributed by atoms with Gasteiger partial charge in [-0.3, -0.25) is 0 Å². The predicted octanol–water partition coefficient (Wildman–Crippen LogP) is 2.45. The van der Waals surface area contributed by atoms with Crippen LogP contribution in [0.3, 0.4) is 0 Å². The fourth-order valence-electron chi connectivity index (χ4n) is 3.29. The lowest BCUT2D eigenvalue weighted by atomic mass is 9.73. The molecule has 0 unspecified atom stereocenters. The lowest BCUT2D eigenvalue weighted by Crippen LogP contribution is -2.55. The molecule has 2 atom stereocenters. The molecule has 3 rings (SSSR count). The highest BCUT2D eigenvalue weighted by atomic mass is 32.1. The van der Waals surface area contributed by atoms with Gasteiger partial charge in [0.25, 0.3) is 0 Å². The normalized spacial score (nSPS) is 24.5. The Hall–Kier alpha value is -1.50. The second-order valence-electron chi connectivity index (χ2n) is 6.99. The number of aromatic nitrogens is 2. The van der Waals surface area contributed by atoms with Gasteiger partial charge in [-0.15, -0.1) is 10.2 Å². The van der Waals surface area contributed by atoms with E-state index < -0.39 is 11.5 Å². The molecule has 0 bridgehead atoms. The number of aliphatic hydroxyl groups is 2. The van der Waals surface area contributed by atoms with Crippen molar-refractivity contribution in [2.45, 2.75) is 38.7 Å². The van der Waals surface area contributed by atoms with Crippen LogP contribution in [0.15, 0.2) is 30.3 Å². The van der Waals surface area contributed by atoms with Gasteiger partial charge < -0.3 is 15.1 Å². The molecule has 0 amide bonds. The molecule has 1 fully saturated rings. The Morgan fingerprint density at radius 1 is 1.29 bits per heavy atom. The maximum absolute atomic E-state index is 10.6. The Balaban J connectivity index is 1.82. The van der Waals surface area contributed by atoms with E-state index in [9.17, 15) is 10.2 Å². The third-order valence-corrected chi connectivity index (χ3v) is 6.08. The lowest BCUT2D eigenvalue weighted by Gasteiger charge is -2.45. The van der Waals surface area contributed by atoms with E-state index >= 15 is 0 Å². The Morgan fingerprint density at radius 3 is 2.67 bits per heavy atom. The van der Waals surface area contributed by atoms with Gasteiger partial charge in [0, 0.05) is 24.4 Å². The second-order valence-corrected chi connectivity index (χ2v) is 7.97. The molecule has 24 heavy (non-hydrogen) atoms. The number of piperidine rings is 1. The van der Waals surface area contributed by atoms with Crippen molar-refractivity contribution in [3.8, 4) is 0 Å². The van der Waals surface area contributed by atoms with Crippen molar-refractivity contribution in [1.29, 1.82) is 0 Å². The van der Waals surface area contributed by atoms with Crippen LogP contribution in [0.1, 0.15) is 36.8 Å². The Bertz CT molecular complexity index is 661. The first-order chi connectivity index (χ1) is 11.5. The third kappa shape index (κ3) is 3.45. The van der Waals surface area contributed by atoms with Crippen LogP contribution in [0.4, 0.5) is 5.13 Å². The van der Waals surface area contributed by atoms with Gasteiger partial charge in [-0.1, -0.05) is 55.5 Å². The molecule has 130 valence electrons. The molecule has 2 aromatic rings. The topological polar surface area (TPSA) is 69.5 Å². The quantitative estimate of drug-likeness (QED) is 0.869. The number of hydrogen-bond acceptors (Lipinski definition) is 6. The summed E-state index contributed by atoms with van der Waals surface area (Å²) in [5.41, 5.74) is 0.566. The van der Waals surface area contributed by atoms with Crippen LogP contribution in [0.5, 0.6) is 0 Å². The second kappa shape index (κ2) is 7.17. The summed E-state index contributed by atoms with van der Waals surface area (Å²) < 4.78 is 0. The lowest BCUT2D eigenvalue weighted by molar-refractivity contribution is -0.0291. The molecule has 2 heterocycles. The van der Waals surface area contributed by atoms with Gasteiger partial charge in [-0.25, -0.2) is 0 Å². The van der Waals surface area contributed by atoms with Crippen LogP contribution in [0, 0.1) is 5.41 Å². The van der Waals surface area contributed by atoms with Crippen molar-refractivity contribution in [3.63, 3.8) is 0 Å². The minimum absolute atomic E-state index is 0.0462. The molecule has 1 aromatic heterocycles. The van der Waals surface area contributed by atoms with Gasteiger partial charge in [-0.05, 0) is 18.4 Å². The molecule has 6 heteroatoms. The Labute approximate surface area is 147 Å². The molecule has 1 aromatic carbocycles. The first kappa shape index (κ1) is 17.3. The summed E-state index contributed by atoms with van der Waals surface area (Å²) in [5.74, 6) is 0.360. The molecule has 0 radical (unpaired) electrons. The number of benzene rings is 1. The van der Waals surface area contributed by atoms with Gasteiger partial charge in [-0.2, -0.15) is 0 Å². The minimum Gasteiger partial charge on any atom is -0.396 e. The van der Waals surface area contributed by atoms with Gasteiger partial charge in [0.05, 0.1) is 12.7 Å². The fourth-order valence-corrected chi connectivity index (χ4v) is 4.16. The zero-order valence-corrected chi connectivity index (χ0v) is 15.0. The monoisotopic (exact) mass is 347 g/mol. The highest BCUT2D eigenvalue weighted by Gasteiger charge is 2.43. The summed E-state index contributed by atoms with van der Waals surface area (Å²) in [7, 11) is 0. The number of rotatable bonds is 5. The Morgan fingerprint density at radius 2 is 2.04 bits per heavy atom. The van der Waals surface area contributed by atoms with Crippen molar-refractivity contribution >= 4 is 16.5 Å². The van der Waals surface area contributed by atoms with E-state index in [0.29, 0.717) is 25.3 Å². The summed E-state index contributed by atoms with van der Waals surface area (Å²) in [6.07, 6.45) is 0.762. The van der Waals surface area contributed by atoms with Gasteiger partial charge in [0.2, 0.25) is 5.13 Å². The average Bonchev–Trinajstić information content (AvgIpc) is 3.08. The average molecular weight is 347 g/mol. The standard InChI is InChI=1S/C18H25N3O2S/c1-13(2)16-19-20-17(24-16)21-9-8-15(23)18(11-21,12-22)10-14-6-4-3-5-7-14/h3-7,13,15,22-23H,8-12H2,1-2H3/t15-,18+/m0/s1. The summed E-state index contributed by atoms with van der Waals surface area (Å²) in [6.45, 7) is 5.50. The summed E-state index contributed by atoms with van der Waals surface area (Å²) >= 11 is 1.61. The van der Waals surface area contributed by atoms with Crippen LogP contribution in [-0.2, 0) is 6.42 Å². The maximum atomic E-state index is 10.6. The Kier molecular flexibility index (Phi) is 5.18. The molecule has 0 aliphatic carbocycles. The van der Waals surface area contributed by atoms with Crippen LogP contribution in [0.25, 0.3) is 0 Å². The van der Waals surface area contributed by atoms with Gasteiger partial charge in [0.15, 0.2) is 0 Å². The number of anilines is 1. The molecular formula is C18H25N3O2S. The first-order valence-electron chi connectivity index (χ1n) is 8.45. The molecule has 1 saturated heterocycles. The van der Waals surface area contributed by atoms with Crippen molar-refractivity contribution < 1.29 is 10.2 Å². The van der Waals surface area contributed by atoms with Crippen LogP contribution >= 0.6 is 11.3 Å². The summed E-state index contributed by atoms with van der Waals surface area (Å²) in [6, 6.07) is 10.1. The fraction of sp³-hybridized carbons (Fsp3) is 0.556. The van der Waals surface area contributed by atoms with Crippen LogP contribution < -0.4 is 4.90 Å². The van der Waals surface area contributed by atoms with Crippen molar-refractivity contribution in [1.82, 2.24) is 10.2 Å². The minimum atomic E-state index is -0.566. The van der Waals surface area contributed by atoms with E-state index in [1.807, 2.05) is 30.3 Å². The first-order valence-corrected chi connectivity index (χ1v) is 9.27.